The minimum Gasteiger partial charge on any atom is -0.352 e. The number of carbonyl (C=O) groups excluding carboxylic acids is 2. The Balaban J connectivity index is 1.67. The molecule has 0 bridgehead atoms. The van der Waals surface area contributed by atoms with Gasteiger partial charge in [-0.25, -0.2) is 0 Å². The van der Waals surface area contributed by atoms with Gasteiger partial charge in [0.05, 0.1) is 6.04 Å². The molecule has 1 aliphatic rings. The molecule has 1 atom stereocenters. The number of tetrazole rings is 1. The minimum atomic E-state index is -0.283. The third-order valence-corrected chi connectivity index (χ3v) is 3.90. The number of hydrogen-bond donors (Lipinski definition) is 2. The van der Waals surface area contributed by atoms with Crippen LogP contribution < -0.4 is 10.6 Å². The summed E-state index contributed by atoms with van der Waals surface area (Å²) in [5.41, 5.74) is 0.594. The summed E-state index contributed by atoms with van der Waals surface area (Å²) in [6.45, 7) is 3.79. The molecule has 8 heteroatoms. The zero-order valence-electron chi connectivity index (χ0n) is 14.3. The second-order valence-electron chi connectivity index (χ2n) is 6.55. The number of rotatable bonds is 7. The first-order chi connectivity index (χ1) is 12.0. The molecule has 0 radical (unpaired) electrons. The van der Waals surface area contributed by atoms with Crippen molar-refractivity contribution in [1.82, 2.24) is 30.8 Å². The maximum atomic E-state index is 12.4. The van der Waals surface area contributed by atoms with Gasteiger partial charge in [-0.2, -0.15) is 4.80 Å². The summed E-state index contributed by atoms with van der Waals surface area (Å²) in [6, 6.07) is 8.81. The SMILES string of the molecule is CC(C)NC(=O)Cn1nnc([C@H](NC(=O)c2ccccc2)C2CC2)n1. The van der Waals surface area contributed by atoms with Gasteiger partial charge < -0.3 is 10.6 Å². The second-order valence-corrected chi connectivity index (χ2v) is 6.55. The predicted molar refractivity (Wildman–Crippen MR) is 90.5 cm³/mol. The van der Waals surface area contributed by atoms with Gasteiger partial charge in [-0.1, -0.05) is 18.2 Å². The lowest BCUT2D eigenvalue weighted by Gasteiger charge is -2.14. The first kappa shape index (κ1) is 17.1. The fourth-order valence-corrected chi connectivity index (χ4v) is 2.58. The molecule has 2 aromatic rings. The molecule has 25 heavy (non-hydrogen) atoms. The summed E-state index contributed by atoms with van der Waals surface area (Å²) in [5.74, 6) is 0.431. The molecule has 1 aromatic heterocycles. The number of carbonyl (C=O) groups is 2. The highest BCUT2D eigenvalue weighted by Gasteiger charge is 2.36. The molecule has 1 fully saturated rings. The van der Waals surface area contributed by atoms with E-state index >= 15 is 0 Å². The van der Waals surface area contributed by atoms with E-state index in [4.69, 9.17) is 0 Å². The Morgan fingerprint density at radius 3 is 2.56 bits per heavy atom. The van der Waals surface area contributed by atoms with Crippen LogP contribution in [0.15, 0.2) is 30.3 Å². The van der Waals surface area contributed by atoms with Crippen LogP contribution in [0, 0.1) is 5.92 Å². The van der Waals surface area contributed by atoms with E-state index in [2.05, 4.69) is 26.0 Å². The number of benzene rings is 1. The molecule has 1 aromatic carbocycles. The van der Waals surface area contributed by atoms with Crippen molar-refractivity contribution in [2.45, 2.75) is 45.3 Å². The molecule has 1 saturated carbocycles. The van der Waals surface area contributed by atoms with E-state index in [9.17, 15) is 9.59 Å². The molecule has 0 unspecified atom stereocenters. The minimum absolute atomic E-state index is 0.00913. The van der Waals surface area contributed by atoms with E-state index in [0.29, 0.717) is 17.3 Å². The van der Waals surface area contributed by atoms with E-state index in [1.165, 1.54) is 4.80 Å². The van der Waals surface area contributed by atoms with Gasteiger partial charge in [-0.3, -0.25) is 9.59 Å². The summed E-state index contributed by atoms with van der Waals surface area (Å²) in [5, 5.41) is 18.0. The van der Waals surface area contributed by atoms with Crippen molar-refractivity contribution in [1.29, 1.82) is 0 Å². The van der Waals surface area contributed by atoms with Gasteiger partial charge in [0.2, 0.25) is 5.91 Å². The van der Waals surface area contributed by atoms with Crippen molar-refractivity contribution >= 4 is 11.8 Å². The Labute approximate surface area is 146 Å². The molecule has 0 spiro atoms. The Morgan fingerprint density at radius 2 is 1.92 bits per heavy atom. The van der Waals surface area contributed by atoms with Gasteiger partial charge in [-0.15, -0.1) is 10.2 Å². The number of hydrogen-bond acceptors (Lipinski definition) is 5. The monoisotopic (exact) mass is 342 g/mol. The van der Waals surface area contributed by atoms with Crippen LogP contribution in [0.25, 0.3) is 0 Å². The lowest BCUT2D eigenvalue weighted by molar-refractivity contribution is -0.122. The second kappa shape index (κ2) is 7.42. The third-order valence-electron chi connectivity index (χ3n) is 3.90. The number of nitrogens with zero attached hydrogens (tertiary/aromatic N) is 4. The van der Waals surface area contributed by atoms with Crippen molar-refractivity contribution in [3.8, 4) is 0 Å². The summed E-state index contributed by atoms with van der Waals surface area (Å²) < 4.78 is 0. The fourth-order valence-electron chi connectivity index (χ4n) is 2.58. The number of nitrogens with one attached hydrogen (secondary N) is 2. The average molecular weight is 342 g/mol. The van der Waals surface area contributed by atoms with Gasteiger partial charge >= 0.3 is 0 Å². The van der Waals surface area contributed by atoms with Crippen LogP contribution in [-0.4, -0.2) is 38.1 Å². The highest BCUT2D eigenvalue weighted by molar-refractivity contribution is 5.94. The van der Waals surface area contributed by atoms with E-state index < -0.39 is 0 Å². The summed E-state index contributed by atoms with van der Waals surface area (Å²) in [7, 11) is 0. The van der Waals surface area contributed by atoms with Crippen molar-refractivity contribution in [3.05, 3.63) is 41.7 Å². The molecule has 1 aliphatic carbocycles. The van der Waals surface area contributed by atoms with Crippen LogP contribution in [0.1, 0.15) is 48.9 Å². The zero-order valence-corrected chi connectivity index (χ0v) is 14.3. The lowest BCUT2D eigenvalue weighted by Crippen LogP contribution is -2.34. The molecular weight excluding hydrogens is 320 g/mol. The lowest BCUT2D eigenvalue weighted by atomic mass is 10.1. The highest BCUT2D eigenvalue weighted by Crippen LogP contribution is 2.39. The van der Waals surface area contributed by atoms with Crippen LogP contribution in [0.5, 0.6) is 0 Å². The molecule has 2 amide bonds. The molecule has 3 rings (SSSR count). The van der Waals surface area contributed by atoms with Crippen molar-refractivity contribution in [2.24, 2.45) is 5.92 Å². The number of aromatic nitrogens is 4. The van der Waals surface area contributed by atoms with E-state index in [1.807, 2.05) is 32.0 Å². The maximum Gasteiger partial charge on any atom is 0.251 e. The van der Waals surface area contributed by atoms with Crippen molar-refractivity contribution in [2.75, 3.05) is 0 Å². The van der Waals surface area contributed by atoms with E-state index in [1.54, 1.807) is 12.1 Å². The van der Waals surface area contributed by atoms with E-state index in [0.717, 1.165) is 12.8 Å². The topological polar surface area (TPSA) is 102 Å². The summed E-state index contributed by atoms with van der Waals surface area (Å²) in [6.07, 6.45) is 2.03. The molecule has 0 aliphatic heterocycles. The first-order valence-corrected chi connectivity index (χ1v) is 8.46. The van der Waals surface area contributed by atoms with Gasteiger partial charge in [0.15, 0.2) is 5.82 Å². The summed E-state index contributed by atoms with van der Waals surface area (Å²) in [4.78, 5) is 25.5. The van der Waals surface area contributed by atoms with Crippen molar-refractivity contribution in [3.63, 3.8) is 0 Å². The third kappa shape index (κ3) is 4.62. The molecule has 8 nitrogen and oxygen atoms in total. The Hall–Kier alpha value is -2.77. The Kier molecular flexibility index (Phi) is 5.06. The smallest absolute Gasteiger partial charge is 0.251 e. The van der Waals surface area contributed by atoms with Crippen LogP contribution in [0.3, 0.4) is 0 Å². The van der Waals surface area contributed by atoms with Crippen LogP contribution in [-0.2, 0) is 11.3 Å². The largest absolute Gasteiger partial charge is 0.352 e. The highest BCUT2D eigenvalue weighted by atomic mass is 16.2. The van der Waals surface area contributed by atoms with Crippen LogP contribution in [0.4, 0.5) is 0 Å². The molecule has 0 saturated heterocycles. The number of amides is 2. The average Bonchev–Trinajstić information content (AvgIpc) is 3.32. The Morgan fingerprint density at radius 1 is 1.20 bits per heavy atom. The zero-order chi connectivity index (χ0) is 17.8. The van der Waals surface area contributed by atoms with Crippen LogP contribution >= 0.6 is 0 Å². The van der Waals surface area contributed by atoms with E-state index in [-0.39, 0.29) is 30.4 Å². The normalized spacial score (nSPS) is 15.0. The predicted octanol–water partition coefficient (Wildman–Crippen LogP) is 1.08. The molecule has 132 valence electrons. The Bertz CT molecular complexity index is 739. The first-order valence-electron chi connectivity index (χ1n) is 8.46. The summed E-state index contributed by atoms with van der Waals surface area (Å²) >= 11 is 0. The standard InChI is InChI=1S/C17H22N6O2/c1-11(2)18-14(24)10-23-21-16(20-22-23)15(12-8-9-12)19-17(25)13-6-4-3-5-7-13/h3-7,11-12,15H,8-10H2,1-2H3,(H,18,24)(H,19,25)/t15-/m1/s1. The molecular formula is C17H22N6O2. The maximum absolute atomic E-state index is 12.4. The van der Waals surface area contributed by atoms with Gasteiger partial charge in [0, 0.05) is 11.6 Å². The van der Waals surface area contributed by atoms with Gasteiger partial charge in [-0.05, 0) is 50.0 Å². The molecule has 2 N–H and O–H groups in total. The van der Waals surface area contributed by atoms with Gasteiger partial charge in [0.1, 0.15) is 6.54 Å². The quantitative estimate of drug-likeness (QED) is 0.784. The fraction of sp³-hybridized carbons (Fsp3) is 0.471. The molecule has 1 heterocycles. The van der Waals surface area contributed by atoms with Crippen LogP contribution in [0.2, 0.25) is 0 Å². The van der Waals surface area contributed by atoms with Crippen molar-refractivity contribution < 1.29 is 9.59 Å². The van der Waals surface area contributed by atoms with Gasteiger partial charge in [0.25, 0.3) is 5.91 Å².